The van der Waals surface area contributed by atoms with Crippen molar-refractivity contribution in [2.24, 2.45) is 0 Å². The smallest absolute Gasteiger partial charge is 0.258 e. The van der Waals surface area contributed by atoms with Crippen LogP contribution in [0.5, 0.6) is 0 Å². The largest absolute Gasteiger partial charge is 0.309 e. The van der Waals surface area contributed by atoms with Gasteiger partial charge in [-0.25, -0.2) is 4.39 Å². The van der Waals surface area contributed by atoms with Crippen LogP contribution < -0.4 is 4.90 Å². The Morgan fingerprint density at radius 3 is 2.53 bits per heavy atom. The first-order chi connectivity index (χ1) is 9.02. The molecule has 2 aromatic rings. The summed E-state index contributed by atoms with van der Waals surface area (Å²) in [5, 5.41) is 0. The number of hydrogen-bond donors (Lipinski definition) is 0. The highest BCUT2D eigenvalue weighted by molar-refractivity contribution is 9.10. The van der Waals surface area contributed by atoms with E-state index in [9.17, 15) is 9.18 Å². The number of halogens is 2. The molecule has 1 amide bonds. The Hall–Kier alpha value is -1.68. The fourth-order valence-corrected chi connectivity index (χ4v) is 2.22. The van der Waals surface area contributed by atoms with Crippen LogP contribution in [0.15, 0.2) is 46.9 Å². The van der Waals surface area contributed by atoms with Crippen molar-refractivity contribution in [1.82, 2.24) is 0 Å². The van der Waals surface area contributed by atoms with E-state index in [0.717, 1.165) is 10.0 Å². The summed E-state index contributed by atoms with van der Waals surface area (Å²) in [6, 6.07) is 11.6. The molecule has 0 unspecified atom stereocenters. The van der Waals surface area contributed by atoms with Gasteiger partial charge in [0.05, 0.1) is 5.69 Å². The molecule has 19 heavy (non-hydrogen) atoms. The molecule has 2 aromatic carbocycles. The Labute approximate surface area is 120 Å². The van der Waals surface area contributed by atoms with Crippen molar-refractivity contribution in [1.29, 1.82) is 0 Å². The standard InChI is InChI=1S/C15H13BrFNO/c1-10-11(6-5-7-12(10)16)15(19)18(2)14-9-4-3-8-13(14)17/h3-9H,1-2H3. The summed E-state index contributed by atoms with van der Waals surface area (Å²) in [7, 11) is 1.57. The lowest BCUT2D eigenvalue weighted by Gasteiger charge is -2.19. The van der Waals surface area contributed by atoms with Crippen molar-refractivity contribution in [3.8, 4) is 0 Å². The normalized spacial score (nSPS) is 10.3. The predicted octanol–water partition coefficient (Wildman–Crippen LogP) is 4.17. The average Bonchev–Trinajstić information content (AvgIpc) is 2.41. The number of carbonyl (C=O) groups excluding carboxylic acids is 1. The molecule has 2 nitrogen and oxygen atoms in total. The molecule has 0 spiro atoms. The molecular weight excluding hydrogens is 309 g/mol. The first-order valence-corrected chi connectivity index (χ1v) is 6.59. The van der Waals surface area contributed by atoms with Gasteiger partial charge in [-0.3, -0.25) is 4.79 Å². The van der Waals surface area contributed by atoms with Crippen LogP contribution in [0.2, 0.25) is 0 Å². The van der Waals surface area contributed by atoms with E-state index in [1.807, 2.05) is 13.0 Å². The Morgan fingerprint density at radius 1 is 1.16 bits per heavy atom. The van der Waals surface area contributed by atoms with Gasteiger partial charge in [0.25, 0.3) is 5.91 Å². The summed E-state index contributed by atoms with van der Waals surface area (Å²) in [6.07, 6.45) is 0. The zero-order chi connectivity index (χ0) is 14.0. The summed E-state index contributed by atoms with van der Waals surface area (Å²) >= 11 is 3.39. The molecule has 0 radical (unpaired) electrons. The van der Waals surface area contributed by atoms with E-state index in [1.165, 1.54) is 11.0 Å². The maximum absolute atomic E-state index is 13.7. The molecule has 0 aliphatic heterocycles. The quantitative estimate of drug-likeness (QED) is 0.812. The van der Waals surface area contributed by atoms with Crippen molar-refractivity contribution in [3.05, 3.63) is 63.9 Å². The molecule has 0 bridgehead atoms. The van der Waals surface area contributed by atoms with Gasteiger partial charge in [0.15, 0.2) is 0 Å². The van der Waals surface area contributed by atoms with Crippen LogP contribution in [0.4, 0.5) is 10.1 Å². The van der Waals surface area contributed by atoms with Crippen molar-refractivity contribution in [3.63, 3.8) is 0 Å². The number of hydrogen-bond acceptors (Lipinski definition) is 1. The van der Waals surface area contributed by atoms with Crippen LogP contribution in [0.1, 0.15) is 15.9 Å². The van der Waals surface area contributed by atoms with Gasteiger partial charge >= 0.3 is 0 Å². The summed E-state index contributed by atoms with van der Waals surface area (Å²) in [5.41, 5.74) is 1.67. The Kier molecular flexibility index (Phi) is 4.00. The van der Waals surface area contributed by atoms with Crippen LogP contribution in [0.25, 0.3) is 0 Å². The molecule has 0 aromatic heterocycles. The van der Waals surface area contributed by atoms with Crippen LogP contribution >= 0.6 is 15.9 Å². The van der Waals surface area contributed by atoms with E-state index in [0.29, 0.717) is 5.56 Å². The molecule has 98 valence electrons. The molecule has 0 saturated heterocycles. The SMILES string of the molecule is Cc1c(Br)cccc1C(=O)N(C)c1ccccc1F. The van der Waals surface area contributed by atoms with E-state index in [2.05, 4.69) is 15.9 Å². The minimum Gasteiger partial charge on any atom is -0.309 e. The monoisotopic (exact) mass is 321 g/mol. The molecule has 0 aliphatic carbocycles. The molecule has 0 atom stereocenters. The third-order valence-electron chi connectivity index (χ3n) is 3.02. The highest BCUT2D eigenvalue weighted by atomic mass is 79.9. The lowest BCUT2D eigenvalue weighted by Crippen LogP contribution is -2.27. The number of amides is 1. The fraction of sp³-hybridized carbons (Fsp3) is 0.133. The first-order valence-electron chi connectivity index (χ1n) is 5.80. The van der Waals surface area contributed by atoms with E-state index >= 15 is 0 Å². The molecule has 0 heterocycles. The van der Waals surface area contributed by atoms with Gasteiger partial charge in [-0.1, -0.05) is 34.1 Å². The van der Waals surface area contributed by atoms with Crippen molar-refractivity contribution in [2.75, 3.05) is 11.9 Å². The highest BCUT2D eigenvalue weighted by Crippen LogP contribution is 2.24. The number of carbonyl (C=O) groups is 1. The molecule has 4 heteroatoms. The minimum absolute atomic E-state index is 0.232. The van der Waals surface area contributed by atoms with Crippen molar-refractivity contribution >= 4 is 27.5 Å². The first kappa shape index (κ1) is 13.7. The second kappa shape index (κ2) is 5.53. The maximum Gasteiger partial charge on any atom is 0.258 e. The van der Waals surface area contributed by atoms with Crippen LogP contribution in [-0.2, 0) is 0 Å². The number of rotatable bonds is 2. The number of benzene rings is 2. The van der Waals surface area contributed by atoms with Gasteiger partial charge in [-0.2, -0.15) is 0 Å². The maximum atomic E-state index is 13.7. The van der Waals surface area contributed by atoms with Gasteiger partial charge < -0.3 is 4.90 Å². The topological polar surface area (TPSA) is 20.3 Å². The third kappa shape index (κ3) is 2.68. The Balaban J connectivity index is 2.40. The minimum atomic E-state index is -0.411. The van der Waals surface area contributed by atoms with Gasteiger partial charge in [-0.15, -0.1) is 0 Å². The van der Waals surface area contributed by atoms with Gasteiger partial charge in [0.1, 0.15) is 5.82 Å². The van der Waals surface area contributed by atoms with Gasteiger partial charge in [0.2, 0.25) is 0 Å². The Morgan fingerprint density at radius 2 is 1.84 bits per heavy atom. The van der Waals surface area contributed by atoms with Crippen LogP contribution in [0, 0.1) is 12.7 Å². The number of anilines is 1. The highest BCUT2D eigenvalue weighted by Gasteiger charge is 2.18. The number of para-hydroxylation sites is 1. The fourth-order valence-electron chi connectivity index (χ4n) is 1.85. The van der Waals surface area contributed by atoms with Crippen LogP contribution in [0.3, 0.4) is 0 Å². The predicted molar refractivity (Wildman–Crippen MR) is 78.0 cm³/mol. The summed E-state index contributed by atoms with van der Waals surface area (Å²) < 4.78 is 14.6. The zero-order valence-corrected chi connectivity index (χ0v) is 12.2. The van der Waals surface area contributed by atoms with Gasteiger partial charge in [0, 0.05) is 17.1 Å². The molecule has 0 saturated carbocycles. The van der Waals surface area contributed by atoms with Crippen LogP contribution in [-0.4, -0.2) is 13.0 Å². The summed E-state index contributed by atoms with van der Waals surface area (Å²) in [6.45, 7) is 1.85. The molecule has 0 N–H and O–H groups in total. The lowest BCUT2D eigenvalue weighted by molar-refractivity contribution is 0.0991. The van der Waals surface area contributed by atoms with E-state index in [4.69, 9.17) is 0 Å². The summed E-state index contributed by atoms with van der Waals surface area (Å²) in [4.78, 5) is 13.7. The molecule has 2 rings (SSSR count). The lowest BCUT2D eigenvalue weighted by atomic mass is 10.1. The average molecular weight is 322 g/mol. The second-order valence-electron chi connectivity index (χ2n) is 4.23. The van der Waals surface area contributed by atoms with E-state index in [1.54, 1.807) is 37.4 Å². The Bertz CT molecular complexity index is 627. The third-order valence-corrected chi connectivity index (χ3v) is 3.88. The number of nitrogens with zero attached hydrogens (tertiary/aromatic N) is 1. The van der Waals surface area contributed by atoms with Crippen molar-refractivity contribution < 1.29 is 9.18 Å². The van der Waals surface area contributed by atoms with Crippen molar-refractivity contribution in [2.45, 2.75) is 6.92 Å². The summed E-state index contributed by atoms with van der Waals surface area (Å²) in [5.74, 6) is -0.644. The molecular formula is C15H13BrFNO. The molecule has 0 aliphatic rings. The second-order valence-corrected chi connectivity index (χ2v) is 5.08. The molecule has 0 fully saturated rings. The zero-order valence-electron chi connectivity index (χ0n) is 10.7. The van der Waals surface area contributed by atoms with E-state index < -0.39 is 5.82 Å². The van der Waals surface area contributed by atoms with Gasteiger partial charge in [-0.05, 0) is 36.8 Å². The van der Waals surface area contributed by atoms with E-state index in [-0.39, 0.29) is 11.6 Å².